The van der Waals surface area contributed by atoms with E-state index in [9.17, 15) is 0 Å². The minimum atomic E-state index is 0.0983. The highest BCUT2D eigenvalue weighted by Crippen LogP contribution is 2.15. The molecule has 0 aliphatic rings. The van der Waals surface area contributed by atoms with E-state index in [1.54, 1.807) is 0 Å². The van der Waals surface area contributed by atoms with Crippen LogP contribution in [0.3, 0.4) is 0 Å². The van der Waals surface area contributed by atoms with Crippen molar-refractivity contribution in [2.45, 2.75) is 32.4 Å². The lowest BCUT2D eigenvalue weighted by atomic mass is 9.98. The van der Waals surface area contributed by atoms with Gasteiger partial charge in [0.25, 0.3) is 0 Å². The van der Waals surface area contributed by atoms with E-state index in [2.05, 4.69) is 31.3 Å². The van der Waals surface area contributed by atoms with Crippen LogP contribution in [0.5, 0.6) is 0 Å². The van der Waals surface area contributed by atoms with Gasteiger partial charge in [-0.05, 0) is 18.5 Å². The van der Waals surface area contributed by atoms with Crippen molar-refractivity contribution >= 4 is 0 Å². The molecule has 1 rings (SSSR count). The van der Waals surface area contributed by atoms with Gasteiger partial charge in [0.05, 0.1) is 0 Å². The van der Waals surface area contributed by atoms with Crippen molar-refractivity contribution in [3.63, 3.8) is 0 Å². The van der Waals surface area contributed by atoms with E-state index >= 15 is 0 Å². The molecule has 78 valence electrons. The Balaban J connectivity index is 2.67. The molecule has 2 atom stereocenters. The second kappa shape index (κ2) is 5.78. The molecule has 0 aliphatic carbocycles. The smallest absolute Gasteiger partial charge is 0.0450 e. The fourth-order valence-corrected chi connectivity index (χ4v) is 1.69. The molecular formula is C12H20N2. The van der Waals surface area contributed by atoms with Crippen molar-refractivity contribution in [1.29, 1.82) is 0 Å². The van der Waals surface area contributed by atoms with E-state index in [1.807, 2.05) is 18.2 Å². The molecule has 0 aromatic heterocycles. The van der Waals surface area contributed by atoms with Gasteiger partial charge in [0.1, 0.15) is 0 Å². The lowest BCUT2D eigenvalue weighted by Gasteiger charge is -2.23. The van der Waals surface area contributed by atoms with E-state index in [4.69, 9.17) is 5.73 Å². The zero-order valence-corrected chi connectivity index (χ0v) is 9.03. The van der Waals surface area contributed by atoms with Crippen molar-refractivity contribution in [2.75, 3.05) is 6.54 Å². The van der Waals surface area contributed by atoms with Crippen molar-refractivity contribution < 1.29 is 0 Å². The van der Waals surface area contributed by atoms with Gasteiger partial charge in [-0.25, -0.2) is 0 Å². The lowest BCUT2D eigenvalue weighted by Crippen LogP contribution is -2.38. The third-order valence-electron chi connectivity index (χ3n) is 2.52. The Morgan fingerprint density at radius 3 is 2.36 bits per heavy atom. The summed E-state index contributed by atoms with van der Waals surface area (Å²) in [6, 6.07) is 10.7. The Labute approximate surface area is 86.5 Å². The predicted molar refractivity (Wildman–Crippen MR) is 61.1 cm³/mol. The van der Waals surface area contributed by atoms with Gasteiger partial charge in [0.15, 0.2) is 0 Å². The fraction of sp³-hybridized carbons (Fsp3) is 0.500. The summed E-state index contributed by atoms with van der Waals surface area (Å²) in [5, 5.41) is 3.41. The van der Waals surface area contributed by atoms with Gasteiger partial charge in [0, 0.05) is 12.1 Å². The van der Waals surface area contributed by atoms with Crippen LogP contribution in [0, 0.1) is 0 Å². The second-order valence-electron chi connectivity index (χ2n) is 3.51. The molecule has 0 aliphatic heterocycles. The Kier molecular flexibility index (Phi) is 4.63. The van der Waals surface area contributed by atoms with Crippen molar-refractivity contribution in [3.05, 3.63) is 35.9 Å². The topological polar surface area (TPSA) is 38.0 Å². The van der Waals surface area contributed by atoms with Gasteiger partial charge >= 0.3 is 0 Å². The average molecular weight is 192 g/mol. The molecule has 14 heavy (non-hydrogen) atoms. The van der Waals surface area contributed by atoms with Crippen molar-refractivity contribution in [3.8, 4) is 0 Å². The number of benzene rings is 1. The summed E-state index contributed by atoms with van der Waals surface area (Å²) in [5.74, 6) is 0. The normalized spacial score (nSPS) is 15.1. The quantitative estimate of drug-likeness (QED) is 0.749. The SMILES string of the molecule is CCNC(CC)C(N)c1ccccc1. The number of likely N-dealkylation sites (N-methyl/N-ethyl adjacent to an activating group) is 1. The van der Waals surface area contributed by atoms with E-state index in [-0.39, 0.29) is 6.04 Å². The third-order valence-corrected chi connectivity index (χ3v) is 2.52. The van der Waals surface area contributed by atoms with Gasteiger partial charge in [-0.2, -0.15) is 0 Å². The summed E-state index contributed by atoms with van der Waals surface area (Å²) in [6.45, 7) is 5.25. The number of rotatable bonds is 5. The highest BCUT2D eigenvalue weighted by Gasteiger charge is 2.15. The molecule has 0 bridgehead atoms. The van der Waals surface area contributed by atoms with Crippen LogP contribution >= 0.6 is 0 Å². The van der Waals surface area contributed by atoms with Gasteiger partial charge in [-0.3, -0.25) is 0 Å². The van der Waals surface area contributed by atoms with Crippen LogP contribution in [0.1, 0.15) is 31.9 Å². The monoisotopic (exact) mass is 192 g/mol. The fourth-order valence-electron chi connectivity index (χ4n) is 1.69. The zero-order chi connectivity index (χ0) is 10.4. The molecule has 1 aromatic carbocycles. The molecule has 0 amide bonds. The lowest BCUT2D eigenvalue weighted by molar-refractivity contribution is 0.436. The van der Waals surface area contributed by atoms with E-state index in [0.717, 1.165) is 13.0 Å². The van der Waals surface area contributed by atoms with Crippen molar-refractivity contribution in [2.24, 2.45) is 5.73 Å². The zero-order valence-electron chi connectivity index (χ0n) is 9.03. The van der Waals surface area contributed by atoms with Crippen LogP contribution in [0.25, 0.3) is 0 Å². The van der Waals surface area contributed by atoms with Gasteiger partial charge in [-0.15, -0.1) is 0 Å². The maximum absolute atomic E-state index is 6.17. The van der Waals surface area contributed by atoms with Crippen LogP contribution in [0.2, 0.25) is 0 Å². The van der Waals surface area contributed by atoms with Crippen LogP contribution in [0.4, 0.5) is 0 Å². The van der Waals surface area contributed by atoms with Gasteiger partial charge in [-0.1, -0.05) is 44.2 Å². The van der Waals surface area contributed by atoms with Crippen LogP contribution in [-0.2, 0) is 0 Å². The first kappa shape index (κ1) is 11.2. The second-order valence-corrected chi connectivity index (χ2v) is 3.51. The highest BCUT2D eigenvalue weighted by atomic mass is 14.9. The van der Waals surface area contributed by atoms with Crippen LogP contribution in [-0.4, -0.2) is 12.6 Å². The minimum Gasteiger partial charge on any atom is -0.323 e. The minimum absolute atomic E-state index is 0.0983. The summed E-state index contributed by atoms with van der Waals surface area (Å²) in [4.78, 5) is 0. The molecule has 2 unspecified atom stereocenters. The molecule has 0 heterocycles. The predicted octanol–water partition coefficient (Wildman–Crippen LogP) is 2.07. The molecule has 2 heteroatoms. The third kappa shape index (κ3) is 2.82. The maximum atomic E-state index is 6.17. The molecule has 0 fully saturated rings. The Bertz CT molecular complexity index is 246. The van der Waals surface area contributed by atoms with Crippen molar-refractivity contribution in [1.82, 2.24) is 5.32 Å². The Hall–Kier alpha value is -0.860. The molecule has 0 saturated heterocycles. The summed E-state index contributed by atoms with van der Waals surface area (Å²) >= 11 is 0. The molecule has 3 N–H and O–H groups in total. The summed E-state index contributed by atoms with van der Waals surface area (Å²) in [5.41, 5.74) is 7.38. The first-order chi connectivity index (χ1) is 6.79. The number of hydrogen-bond acceptors (Lipinski definition) is 2. The first-order valence-electron chi connectivity index (χ1n) is 5.33. The van der Waals surface area contributed by atoms with E-state index in [1.165, 1.54) is 5.56 Å². The summed E-state index contributed by atoms with van der Waals surface area (Å²) in [6.07, 6.45) is 1.06. The largest absolute Gasteiger partial charge is 0.323 e. The summed E-state index contributed by atoms with van der Waals surface area (Å²) < 4.78 is 0. The van der Waals surface area contributed by atoms with E-state index < -0.39 is 0 Å². The van der Waals surface area contributed by atoms with Gasteiger partial charge in [0.2, 0.25) is 0 Å². The molecule has 0 radical (unpaired) electrons. The maximum Gasteiger partial charge on any atom is 0.0450 e. The molecule has 2 nitrogen and oxygen atoms in total. The number of hydrogen-bond donors (Lipinski definition) is 2. The molecule has 1 aromatic rings. The summed E-state index contributed by atoms with van der Waals surface area (Å²) in [7, 11) is 0. The Morgan fingerprint density at radius 2 is 1.86 bits per heavy atom. The standard InChI is InChI=1S/C12H20N2/c1-3-11(14-4-2)12(13)10-8-6-5-7-9-10/h5-9,11-12,14H,3-4,13H2,1-2H3. The average Bonchev–Trinajstić information content (AvgIpc) is 2.26. The van der Waals surface area contributed by atoms with Crippen LogP contribution < -0.4 is 11.1 Å². The number of nitrogens with two attached hydrogens (primary N) is 1. The van der Waals surface area contributed by atoms with Gasteiger partial charge < -0.3 is 11.1 Å². The number of nitrogens with one attached hydrogen (secondary N) is 1. The Morgan fingerprint density at radius 1 is 1.21 bits per heavy atom. The first-order valence-corrected chi connectivity index (χ1v) is 5.33. The molecule has 0 spiro atoms. The molecular weight excluding hydrogens is 172 g/mol. The molecule has 0 saturated carbocycles. The van der Waals surface area contributed by atoms with Crippen LogP contribution in [0.15, 0.2) is 30.3 Å². The van der Waals surface area contributed by atoms with E-state index in [0.29, 0.717) is 6.04 Å². The highest BCUT2D eigenvalue weighted by molar-refractivity contribution is 5.20.